The molecule has 6 nitrogen and oxygen atoms in total. The van der Waals surface area contributed by atoms with Gasteiger partial charge in [0.2, 0.25) is 11.8 Å². The van der Waals surface area contributed by atoms with Crippen LogP contribution in [0.4, 0.5) is 15.8 Å². The maximum absolute atomic E-state index is 13.0. The number of nitrogens with one attached hydrogen (secondary N) is 1. The number of anilines is 1. The highest BCUT2D eigenvalue weighted by Crippen LogP contribution is 2.32. The Morgan fingerprint density at radius 1 is 1.21 bits per heavy atom. The maximum atomic E-state index is 13.0. The Labute approximate surface area is 173 Å². The first kappa shape index (κ1) is 20.9. The van der Waals surface area contributed by atoms with Gasteiger partial charge in [-0.3, -0.25) is 14.5 Å². The molecule has 1 fully saturated rings. The predicted molar refractivity (Wildman–Crippen MR) is 113 cm³/mol. The van der Waals surface area contributed by atoms with Gasteiger partial charge in [0, 0.05) is 18.7 Å². The Hall–Kier alpha value is -2.87. The van der Waals surface area contributed by atoms with E-state index in [4.69, 9.17) is 4.74 Å². The van der Waals surface area contributed by atoms with Crippen molar-refractivity contribution in [1.29, 1.82) is 0 Å². The summed E-state index contributed by atoms with van der Waals surface area (Å²) in [6, 6.07) is 12.7. The lowest BCUT2D eigenvalue weighted by atomic mass is 10.2. The Morgan fingerprint density at radius 2 is 1.90 bits per heavy atom. The van der Waals surface area contributed by atoms with Crippen molar-refractivity contribution in [2.45, 2.75) is 25.0 Å². The number of rotatable bonds is 7. The number of aliphatic imine (C=N–C) groups is 1. The van der Waals surface area contributed by atoms with Crippen molar-refractivity contribution in [2.24, 2.45) is 4.99 Å². The van der Waals surface area contributed by atoms with Crippen LogP contribution in [0.15, 0.2) is 53.5 Å². The van der Waals surface area contributed by atoms with Crippen LogP contribution in [-0.2, 0) is 9.59 Å². The molecule has 0 saturated carbocycles. The lowest BCUT2D eigenvalue weighted by Crippen LogP contribution is -2.34. The van der Waals surface area contributed by atoms with Crippen LogP contribution in [0.25, 0.3) is 0 Å². The van der Waals surface area contributed by atoms with Gasteiger partial charge in [-0.15, -0.1) is 0 Å². The van der Waals surface area contributed by atoms with E-state index in [-0.39, 0.29) is 24.1 Å². The Morgan fingerprint density at radius 3 is 2.52 bits per heavy atom. The quantitative estimate of drug-likeness (QED) is 0.736. The summed E-state index contributed by atoms with van der Waals surface area (Å²) in [4.78, 5) is 31.4. The lowest BCUT2D eigenvalue weighted by molar-refractivity contribution is -0.128. The second-order valence-corrected chi connectivity index (χ2v) is 7.62. The van der Waals surface area contributed by atoms with E-state index in [9.17, 15) is 14.0 Å². The van der Waals surface area contributed by atoms with Crippen LogP contribution in [0.1, 0.15) is 19.8 Å². The predicted octanol–water partition coefficient (Wildman–Crippen LogP) is 4.20. The van der Waals surface area contributed by atoms with Crippen molar-refractivity contribution in [3.8, 4) is 5.75 Å². The number of amides is 2. The summed E-state index contributed by atoms with van der Waals surface area (Å²) in [5, 5.41) is 2.74. The van der Waals surface area contributed by atoms with Crippen LogP contribution in [0.3, 0.4) is 0 Å². The number of ether oxygens (including phenoxy) is 1. The zero-order valence-corrected chi connectivity index (χ0v) is 17.0. The van der Waals surface area contributed by atoms with E-state index in [1.807, 2.05) is 19.1 Å². The highest BCUT2D eigenvalue weighted by molar-refractivity contribution is 8.15. The van der Waals surface area contributed by atoms with Crippen LogP contribution in [-0.4, -0.2) is 40.8 Å². The van der Waals surface area contributed by atoms with Crippen molar-refractivity contribution >= 4 is 40.1 Å². The summed E-state index contributed by atoms with van der Waals surface area (Å²) < 4.78 is 18.1. The van der Waals surface area contributed by atoms with Gasteiger partial charge in [-0.1, -0.05) is 18.7 Å². The third kappa shape index (κ3) is 5.35. The fraction of sp³-hybridized carbons (Fsp3) is 0.286. The smallest absolute Gasteiger partial charge is 0.242 e. The molecule has 0 aliphatic carbocycles. The normalized spacial score (nSPS) is 17.6. The van der Waals surface area contributed by atoms with Crippen molar-refractivity contribution in [2.75, 3.05) is 19.0 Å². The van der Waals surface area contributed by atoms with Crippen molar-refractivity contribution in [3.63, 3.8) is 0 Å². The van der Waals surface area contributed by atoms with Crippen molar-refractivity contribution in [1.82, 2.24) is 4.90 Å². The van der Waals surface area contributed by atoms with Gasteiger partial charge in [-0.05, 0) is 55.0 Å². The molecule has 152 valence electrons. The average molecular weight is 415 g/mol. The number of halogens is 1. The fourth-order valence-corrected chi connectivity index (χ4v) is 4.02. The number of hydrogen-bond donors (Lipinski definition) is 1. The van der Waals surface area contributed by atoms with Gasteiger partial charge in [-0.2, -0.15) is 0 Å². The number of carbonyl (C=O) groups is 2. The third-order valence-electron chi connectivity index (χ3n) is 4.26. The Bertz CT molecular complexity index is 900. The molecule has 1 heterocycles. The van der Waals surface area contributed by atoms with Crippen LogP contribution in [0, 0.1) is 5.82 Å². The van der Waals surface area contributed by atoms with E-state index >= 15 is 0 Å². The van der Waals surface area contributed by atoms with Crippen LogP contribution in [0.2, 0.25) is 0 Å². The molecule has 1 atom stereocenters. The van der Waals surface area contributed by atoms with Gasteiger partial charge in [0.15, 0.2) is 5.17 Å². The summed E-state index contributed by atoms with van der Waals surface area (Å²) in [5.74, 6) is -0.0769. The Kier molecular flexibility index (Phi) is 6.87. The number of benzene rings is 2. The highest BCUT2D eigenvalue weighted by atomic mass is 32.2. The van der Waals surface area contributed by atoms with E-state index in [1.165, 1.54) is 36.0 Å². The summed E-state index contributed by atoms with van der Waals surface area (Å²) >= 11 is 1.29. The zero-order chi connectivity index (χ0) is 20.8. The van der Waals surface area contributed by atoms with E-state index in [1.54, 1.807) is 24.1 Å². The van der Waals surface area contributed by atoms with Crippen LogP contribution >= 0.6 is 11.8 Å². The van der Waals surface area contributed by atoms with E-state index < -0.39 is 5.25 Å². The SMILES string of the molecule is CCCN1C(=O)C(CC(=O)Nc2ccc(F)cc2)SC1=Nc1ccc(OC)cc1. The van der Waals surface area contributed by atoms with E-state index in [0.717, 1.165) is 12.2 Å². The van der Waals surface area contributed by atoms with Crippen molar-refractivity contribution < 1.29 is 18.7 Å². The number of amidine groups is 1. The second-order valence-electron chi connectivity index (χ2n) is 6.45. The average Bonchev–Trinajstić information content (AvgIpc) is 2.99. The molecule has 1 saturated heterocycles. The van der Waals surface area contributed by atoms with Gasteiger partial charge in [0.05, 0.1) is 12.8 Å². The monoisotopic (exact) mass is 415 g/mol. The summed E-state index contributed by atoms with van der Waals surface area (Å²) in [7, 11) is 1.59. The molecule has 3 rings (SSSR count). The number of thioether (sulfide) groups is 1. The molecular formula is C21H22FN3O3S. The number of methoxy groups -OCH3 is 1. The van der Waals surface area contributed by atoms with E-state index in [2.05, 4.69) is 10.3 Å². The van der Waals surface area contributed by atoms with E-state index in [0.29, 0.717) is 23.1 Å². The molecule has 1 aliphatic heterocycles. The summed E-state index contributed by atoms with van der Waals surface area (Å²) in [6.45, 7) is 2.52. The van der Waals surface area contributed by atoms with Gasteiger partial charge < -0.3 is 10.1 Å². The van der Waals surface area contributed by atoms with Crippen LogP contribution in [0.5, 0.6) is 5.75 Å². The first-order chi connectivity index (χ1) is 14.0. The molecule has 1 aliphatic rings. The largest absolute Gasteiger partial charge is 0.497 e. The number of nitrogens with zero attached hydrogens (tertiary/aromatic N) is 2. The topological polar surface area (TPSA) is 71.0 Å². The van der Waals surface area contributed by atoms with Gasteiger partial charge in [-0.25, -0.2) is 9.38 Å². The third-order valence-corrected chi connectivity index (χ3v) is 5.44. The molecule has 1 N–H and O–H groups in total. The molecule has 2 amide bonds. The van der Waals surface area contributed by atoms with Gasteiger partial charge >= 0.3 is 0 Å². The lowest BCUT2D eigenvalue weighted by Gasteiger charge is -2.15. The Balaban J connectivity index is 1.71. The maximum Gasteiger partial charge on any atom is 0.242 e. The molecule has 2 aromatic carbocycles. The first-order valence-corrected chi connectivity index (χ1v) is 10.1. The fourth-order valence-electron chi connectivity index (χ4n) is 2.84. The summed E-state index contributed by atoms with van der Waals surface area (Å²) in [6.07, 6.45) is 0.797. The summed E-state index contributed by atoms with van der Waals surface area (Å²) in [5.41, 5.74) is 1.20. The van der Waals surface area contributed by atoms with Crippen LogP contribution < -0.4 is 10.1 Å². The second kappa shape index (κ2) is 9.56. The van der Waals surface area contributed by atoms with Gasteiger partial charge in [0.1, 0.15) is 16.8 Å². The number of carbonyl (C=O) groups excluding carboxylic acids is 2. The molecule has 0 spiro atoms. The molecule has 1 unspecified atom stereocenters. The molecule has 0 bridgehead atoms. The molecule has 0 aromatic heterocycles. The molecule has 8 heteroatoms. The number of hydrogen-bond acceptors (Lipinski definition) is 5. The molecule has 0 radical (unpaired) electrons. The van der Waals surface area contributed by atoms with Crippen molar-refractivity contribution in [3.05, 3.63) is 54.3 Å². The minimum absolute atomic E-state index is 0.0166. The first-order valence-electron chi connectivity index (χ1n) is 9.26. The molecule has 2 aromatic rings. The zero-order valence-electron chi connectivity index (χ0n) is 16.2. The molecular weight excluding hydrogens is 393 g/mol. The molecule has 29 heavy (non-hydrogen) atoms. The van der Waals surface area contributed by atoms with Gasteiger partial charge in [0.25, 0.3) is 0 Å². The minimum Gasteiger partial charge on any atom is -0.497 e. The highest BCUT2D eigenvalue weighted by Gasteiger charge is 2.38. The minimum atomic E-state index is -0.543. The standard InChI is InChI=1S/C21H22FN3O3S/c1-3-12-25-20(27)18(13-19(26)23-15-6-4-14(22)5-7-15)29-21(25)24-16-8-10-17(28-2)11-9-16/h4-11,18H,3,12-13H2,1-2H3,(H,23,26).